The monoisotopic (exact) mass is 420 g/mol. The number of benzene rings is 2. The molecule has 0 aliphatic rings. The Hall–Kier alpha value is -2.87. The van der Waals surface area contributed by atoms with Crippen molar-refractivity contribution >= 4 is 17.2 Å². The van der Waals surface area contributed by atoms with Gasteiger partial charge in [0.05, 0.1) is 16.3 Å². The third-order valence-corrected chi connectivity index (χ3v) is 5.02. The number of nitrogens with zero attached hydrogens (tertiary/aromatic N) is 2. The zero-order valence-corrected chi connectivity index (χ0v) is 16.7. The highest BCUT2D eigenvalue weighted by atomic mass is 32.1. The van der Waals surface area contributed by atoms with Crippen molar-refractivity contribution in [3.05, 3.63) is 81.3 Å². The van der Waals surface area contributed by atoms with Gasteiger partial charge >= 0.3 is 6.18 Å². The summed E-state index contributed by atoms with van der Waals surface area (Å²) < 4.78 is 43.6. The molecule has 1 aromatic heterocycles. The van der Waals surface area contributed by atoms with Crippen molar-refractivity contribution in [1.29, 1.82) is 0 Å². The maximum absolute atomic E-state index is 12.6. The molecule has 0 saturated carbocycles. The van der Waals surface area contributed by atoms with Gasteiger partial charge in [0.15, 0.2) is 0 Å². The SMILES string of the molecule is Cc1nc(COc2ccc(C(=O)N(C)Cc3ccc(C(F)(F)F)cc3)cc2)cs1. The summed E-state index contributed by atoms with van der Waals surface area (Å²) in [6.45, 7) is 2.49. The van der Waals surface area contributed by atoms with Gasteiger partial charge in [0.2, 0.25) is 0 Å². The number of amides is 1. The third kappa shape index (κ3) is 5.57. The van der Waals surface area contributed by atoms with E-state index in [1.165, 1.54) is 17.0 Å². The predicted octanol–water partition coefficient (Wildman–Crippen LogP) is 5.32. The van der Waals surface area contributed by atoms with Crippen LogP contribution in [0.15, 0.2) is 53.9 Å². The number of carbonyl (C=O) groups excluding carboxylic acids is 1. The van der Waals surface area contributed by atoms with Gasteiger partial charge < -0.3 is 9.64 Å². The fraction of sp³-hybridized carbons (Fsp3) is 0.238. The normalized spacial score (nSPS) is 11.3. The van der Waals surface area contributed by atoms with Crippen LogP contribution in [0.3, 0.4) is 0 Å². The molecule has 0 aliphatic heterocycles. The Morgan fingerprint density at radius 1 is 1.10 bits per heavy atom. The standard InChI is InChI=1S/C21H19F3N2O2S/c1-14-25-18(13-29-14)12-28-19-9-5-16(6-10-19)20(27)26(2)11-15-3-7-17(8-4-15)21(22,23)24/h3-10,13H,11-12H2,1-2H3. The molecule has 0 radical (unpaired) electrons. The van der Waals surface area contributed by atoms with Crippen LogP contribution in [0.5, 0.6) is 5.75 Å². The van der Waals surface area contributed by atoms with Gasteiger partial charge in [-0.25, -0.2) is 4.98 Å². The molecule has 0 unspecified atom stereocenters. The minimum atomic E-state index is -4.37. The van der Waals surface area contributed by atoms with Crippen molar-refractivity contribution in [1.82, 2.24) is 9.88 Å². The summed E-state index contributed by atoms with van der Waals surface area (Å²) >= 11 is 1.55. The fourth-order valence-corrected chi connectivity index (χ4v) is 3.29. The van der Waals surface area contributed by atoms with Gasteiger partial charge in [-0.1, -0.05) is 12.1 Å². The van der Waals surface area contributed by atoms with E-state index in [0.717, 1.165) is 22.8 Å². The molecule has 3 aromatic rings. The Balaban J connectivity index is 1.57. The highest BCUT2D eigenvalue weighted by Gasteiger charge is 2.30. The average molecular weight is 420 g/mol. The molecule has 152 valence electrons. The zero-order chi connectivity index (χ0) is 21.0. The Bertz CT molecular complexity index is 967. The summed E-state index contributed by atoms with van der Waals surface area (Å²) in [5.41, 5.74) is 1.23. The first-order valence-electron chi connectivity index (χ1n) is 8.78. The molecular weight excluding hydrogens is 401 g/mol. The van der Waals surface area contributed by atoms with E-state index in [9.17, 15) is 18.0 Å². The molecule has 3 rings (SSSR count). The second-order valence-corrected chi connectivity index (χ2v) is 7.59. The molecule has 8 heteroatoms. The third-order valence-electron chi connectivity index (χ3n) is 4.20. The number of carbonyl (C=O) groups is 1. The highest BCUT2D eigenvalue weighted by molar-refractivity contribution is 7.09. The number of hydrogen-bond acceptors (Lipinski definition) is 4. The molecule has 1 amide bonds. The Morgan fingerprint density at radius 2 is 1.76 bits per heavy atom. The quantitative estimate of drug-likeness (QED) is 0.542. The number of thiazole rings is 1. The van der Waals surface area contributed by atoms with Gasteiger partial charge in [0, 0.05) is 24.5 Å². The molecule has 1 heterocycles. The lowest BCUT2D eigenvalue weighted by molar-refractivity contribution is -0.137. The molecule has 29 heavy (non-hydrogen) atoms. The van der Waals surface area contributed by atoms with Crippen LogP contribution in [0.4, 0.5) is 13.2 Å². The van der Waals surface area contributed by atoms with Crippen molar-refractivity contribution in [3.8, 4) is 5.75 Å². The van der Waals surface area contributed by atoms with Crippen molar-refractivity contribution < 1.29 is 22.7 Å². The smallest absolute Gasteiger partial charge is 0.416 e. The summed E-state index contributed by atoms with van der Waals surface area (Å²) in [6, 6.07) is 11.5. The van der Waals surface area contributed by atoms with E-state index in [1.54, 1.807) is 42.6 Å². The first-order valence-corrected chi connectivity index (χ1v) is 9.66. The first-order chi connectivity index (χ1) is 13.7. The molecule has 0 saturated heterocycles. The van der Waals surface area contributed by atoms with Gasteiger partial charge in [-0.2, -0.15) is 13.2 Å². The van der Waals surface area contributed by atoms with Gasteiger partial charge in [-0.15, -0.1) is 11.3 Å². The molecule has 0 bridgehead atoms. The van der Waals surface area contributed by atoms with Crippen molar-refractivity contribution in [2.24, 2.45) is 0 Å². The van der Waals surface area contributed by atoms with Gasteiger partial charge in [0.1, 0.15) is 12.4 Å². The second-order valence-electron chi connectivity index (χ2n) is 6.53. The van der Waals surface area contributed by atoms with Crippen LogP contribution < -0.4 is 4.74 Å². The van der Waals surface area contributed by atoms with Crippen LogP contribution in [0.2, 0.25) is 0 Å². The van der Waals surface area contributed by atoms with Gasteiger partial charge in [0.25, 0.3) is 5.91 Å². The van der Waals surface area contributed by atoms with Crippen LogP contribution in [0, 0.1) is 6.92 Å². The first kappa shape index (κ1) is 20.9. The van der Waals surface area contributed by atoms with Crippen molar-refractivity contribution in [2.45, 2.75) is 26.3 Å². The average Bonchev–Trinajstić information content (AvgIpc) is 3.11. The summed E-state index contributed by atoms with van der Waals surface area (Å²) in [5, 5.41) is 2.91. The van der Waals surface area contributed by atoms with E-state index in [-0.39, 0.29) is 12.5 Å². The largest absolute Gasteiger partial charge is 0.487 e. The number of halogens is 3. The number of aromatic nitrogens is 1. The molecule has 4 nitrogen and oxygen atoms in total. The molecule has 0 atom stereocenters. The van der Waals surface area contributed by atoms with E-state index in [0.29, 0.717) is 23.5 Å². The minimum Gasteiger partial charge on any atom is -0.487 e. The summed E-state index contributed by atoms with van der Waals surface area (Å²) in [5.74, 6) is 0.393. The number of ether oxygens (including phenoxy) is 1. The number of alkyl halides is 3. The zero-order valence-electron chi connectivity index (χ0n) is 15.9. The van der Waals surface area contributed by atoms with Gasteiger partial charge in [-0.3, -0.25) is 4.79 Å². The summed E-state index contributed by atoms with van der Waals surface area (Å²) in [7, 11) is 1.61. The lowest BCUT2D eigenvalue weighted by atomic mass is 10.1. The Kier molecular flexibility index (Phi) is 6.22. The van der Waals surface area contributed by atoms with Crippen LogP contribution in [0.1, 0.15) is 32.2 Å². The second kappa shape index (κ2) is 8.65. The van der Waals surface area contributed by atoms with Crippen LogP contribution in [-0.4, -0.2) is 22.8 Å². The Morgan fingerprint density at radius 3 is 2.31 bits per heavy atom. The fourth-order valence-electron chi connectivity index (χ4n) is 2.69. The number of hydrogen-bond donors (Lipinski definition) is 0. The lowest BCUT2D eigenvalue weighted by Crippen LogP contribution is -2.26. The maximum Gasteiger partial charge on any atom is 0.416 e. The van der Waals surface area contributed by atoms with E-state index >= 15 is 0 Å². The van der Waals surface area contributed by atoms with Crippen LogP contribution in [0.25, 0.3) is 0 Å². The van der Waals surface area contributed by atoms with Crippen molar-refractivity contribution in [3.63, 3.8) is 0 Å². The summed E-state index contributed by atoms with van der Waals surface area (Å²) in [4.78, 5) is 18.3. The molecule has 0 N–H and O–H groups in total. The van der Waals surface area contributed by atoms with Crippen LogP contribution >= 0.6 is 11.3 Å². The number of rotatable bonds is 6. The van der Waals surface area contributed by atoms with Gasteiger partial charge in [-0.05, 0) is 48.9 Å². The van der Waals surface area contributed by atoms with Crippen molar-refractivity contribution in [2.75, 3.05) is 7.05 Å². The minimum absolute atomic E-state index is 0.207. The topological polar surface area (TPSA) is 42.4 Å². The lowest BCUT2D eigenvalue weighted by Gasteiger charge is -2.18. The molecule has 0 fully saturated rings. The van der Waals surface area contributed by atoms with Crippen LogP contribution in [-0.2, 0) is 19.3 Å². The number of aryl methyl sites for hydroxylation is 1. The Labute approximate surface area is 170 Å². The van der Waals surface area contributed by atoms with E-state index < -0.39 is 11.7 Å². The van der Waals surface area contributed by atoms with E-state index in [4.69, 9.17) is 4.74 Å². The molecular formula is C21H19F3N2O2S. The van der Waals surface area contributed by atoms with E-state index in [2.05, 4.69) is 4.98 Å². The molecule has 2 aromatic carbocycles. The van der Waals surface area contributed by atoms with E-state index in [1.807, 2.05) is 12.3 Å². The predicted molar refractivity (Wildman–Crippen MR) is 105 cm³/mol. The highest BCUT2D eigenvalue weighted by Crippen LogP contribution is 2.29. The summed E-state index contributed by atoms with van der Waals surface area (Å²) in [6.07, 6.45) is -4.37. The molecule has 0 spiro atoms. The molecule has 0 aliphatic carbocycles. The maximum atomic E-state index is 12.6.